The van der Waals surface area contributed by atoms with Gasteiger partial charge in [0.05, 0.1) is 28.9 Å². The number of para-hydroxylation sites is 2. The SMILES string of the molecule is N#CCSc1ccccc1NC(=O)COC(=O)Cc1ccccc1[N+](=O)[O-]. The summed E-state index contributed by atoms with van der Waals surface area (Å²) in [4.78, 5) is 35.0. The highest BCUT2D eigenvalue weighted by atomic mass is 32.2. The molecular weight excluding hydrogens is 370 g/mol. The largest absolute Gasteiger partial charge is 0.455 e. The van der Waals surface area contributed by atoms with E-state index in [0.29, 0.717) is 5.69 Å². The topological polar surface area (TPSA) is 122 Å². The van der Waals surface area contributed by atoms with Crippen LogP contribution in [0, 0.1) is 21.4 Å². The second kappa shape index (κ2) is 9.94. The van der Waals surface area contributed by atoms with Crippen LogP contribution < -0.4 is 5.32 Å². The van der Waals surface area contributed by atoms with E-state index in [9.17, 15) is 19.7 Å². The number of rotatable bonds is 8. The molecule has 2 aromatic rings. The summed E-state index contributed by atoms with van der Waals surface area (Å²) in [6.07, 6.45) is -0.307. The number of ether oxygens (including phenoxy) is 1. The monoisotopic (exact) mass is 385 g/mol. The summed E-state index contributed by atoms with van der Waals surface area (Å²) in [6, 6.07) is 14.8. The van der Waals surface area contributed by atoms with Crippen LogP contribution in [0.4, 0.5) is 11.4 Å². The minimum absolute atomic E-state index is 0.178. The van der Waals surface area contributed by atoms with Crippen molar-refractivity contribution in [2.45, 2.75) is 11.3 Å². The molecule has 0 unspecified atom stereocenters. The summed E-state index contributed by atoms with van der Waals surface area (Å²) in [5, 5.41) is 22.2. The first-order valence-electron chi connectivity index (χ1n) is 7.78. The Hall–Kier alpha value is -3.38. The lowest BCUT2D eigenvalue weighted by atomic mass is 10.1. The van der Waals surface area contributed by atoms with Gasteiger partial charge in [-0.25, -0.2) is 0 Å². The Kier molecular flexibility index (Phi) is 7.34. The van der Waals surface area contributed by atoms with Crippen LogP contribution in [0.3, 0.4) is 0 Å². The van der Waals surface area contributed by atoms with Crippen LogP contribution >= 0.6 is 11.8 Å². The van der Waals surface area contributed by atoms with Crippen LogP contribution in [-0.2, 0) is 20.7 Å². The number of thioether (sulfide) groups is 1. The maximum Gasteiger partial charge on any atom is 0.311 e. The average molecular weight is 385 g/mol. The van der Waals surface area contributed by atoms with Crippen molar-refractivity contribution in [3.8, 4) is 6.07 Å². The van der Waals surface area contributed by atoms with Crippen LogP contribution in [0.1, 0.15) is 5.56 Å². The van der Waals surface area contributed by atoms with Crippen molar-refractivity contribution >= 4 is 35.0 Å². The van der Waals surface area contributed by atoms with Crippen molar-refractivity contribution in [1.82, 2.24) is 0 Å². The van der Waals surface area contributed by atoms with Crippen molar-refractivity contribution in [3.05, 3.63) is 64.2 Å². The number of esters is 1. The molecule has 0 atom stereocenters. The Morgan fingerprint density at radius 3 is 2.63 bits per heavy atom. The molecule has 0 heterocycles. The van der Waals surface area contributed by atoms with Gasteiger partial charge in [0, 0.05) is 16.5 Å². The molecule has 0 fully saturated rings. The number of benzene rings is 2. The van der Waals surface area contributed by atoms with Gasteiger partial charge in [-0.3, -0.25) is 19.7 Å². The first-order chi connectivity index (χ1) is 13.0. The zero-order valence-electron chi connectivity index (χ0n) is 14.1. The molecule has 9 heteroatoms. The number of nitrogens with zero attached hydrogens (tertiary/aromatic N) is 2. The minimum atomic E-state index is -0.744. The first-order valence-corrected chi connectivity index (χ1v) is 8.76. The van der Waals surface area contributed by atoms with Gasteiger partial charge < -0.3 is 10.1 Å². The quantitative estimate of drug-likeness (QED) is 0.321. The van der Waals surface area contributed by atoms with Gasteiger partial charge in [0.2, 0.25) is 0 Å². The molecule has 0 saturated heterocycles. The molecule has 2 aromatic carbocycles. The normalized spacial score (nSPS) is 9.89. The lowest BCUT2D eigenvalue weighted by Crippen LogP contribution is -2.22. The van der Waals surface area contributed by atoms with Gasteiger partial charge in [0.1, 0.15) is 0 Å². The highest BCUT2D eigenvalue weighted by molar-refractivity contribution is 7.99. The predicted octanol–water partition coefficient (Wildman–Crippen LogP) is 2.93. The van der Waals surface area contributed by atoms with Gasteiger partial charge in [0.25, 0.3) is 11.6 Å². The van der Waals surface area contributed by atoms with Gasteiger partial charge in [-0.2, -0.15) is 5.26 Å². The molecule has 0 spiro atoms. The maximum atomic E-state index is 12.0. The second-order valence-electron chi connectivity index (χ2n) is 5.21. The summed E-state index contributed by atoms with van der Waals surface area (Å²) in [5.74, 6) is -1.06. The van der Waals surface area contributed by atoms with Crippen molar-refractivity contribution in [1.29, 1.82) is 5.26 Å². The van der Waals surface area contributed by atoms with Crippen LogP contribution in [0.15, 0.2) is 53.4 Å². The summed E-state index contributed by atoms with van der Waals surface area (Å²) >= 11 is 1.27. The average Bonchev–Trinajstić information content (AvgIpc) is 2.66. The zero-order valence-corrected chi connectivity index (χ0v) is 14.9. The lowest BCUT2D eigenvalue weighted by Gasteiger charge is -2.10. The molecule has 27 heavy (non-hydrogen) atoms. The fraction of sp³-hybridized carbons (Fsp3) is 0.167. The van der Waals surface area contributed by atoms with E-state index in [4.69, 9.17) is 10.00 Å². The van der Waals surface area contributed by atoms with E-state index in [1.54, 1.807) is 30.3 Å². The van der Waals surface area contributed by atoms with Crippen molar-refractivity contribution in [2.24, 2.45) is 0 Å². The van der Waals surface area contributed by atoms with E-state index in [-0.39, 0.29) is 23.4 Å². The number of anilines is 1. The fourth-order valence-electron chi connectivity index (χ4n) is 2.18. The molecule has 0 bridgehead atoms. The molecule has 1 N–H and O–H groups in total. The number of nitro benzene ring substituents is 1. The molecule has 0 aliphatic heterocycles. The van der Waals surface area contributed by atoms with Gasteiger partial charge in [0.15, 0.2) is 6.61 Å². The maximum absolute atomic E-state index is 12.0. The first kappa shape index (κ1) is 19.9. The summed E-state index contributed by atoms with van der Waals surface area (Å²) in [6.45, 7) is -0.517. The molecule has 0 aliphatic rings. The zero-order chi connectivity index (χ0) is 19.6. The van der Waals surface area contributed by atoms with Crippen molar-refractivity contribution in [2.75, 3.05) is 17.7 Å². The third-order valence-corrected chi connectivity index (χ3v) is 4.28. The van der Waals surface area contributed by atoms with E-state index in [2.05, 4.69) is 5.32 Å². The molecule has 138 valence electrons. The predicted molar refractivity (Wildman–Crippen MR) is 99.2 cm³/mol. The Balaban J connectivity index is 1.90. The highest BCUT2D eigenvalue weighted by Gasteiger charge is 2.17. The highest BCUT2D eigenvalue weighted by Crippen LogP contribution is 2.26. The summed E-state index contributed by atoms with van der Waals surface area (Å²) in [7, 11) is 0. The van der Waals surface area contributed by atoms with E-state index in [1.807, 2.05) is 6.07 Å². The number of carbonyl (C=O) groups excluding carboxylic acids is 2. The molecule has 8 nitrogen and oxygen atoms in total. The van der Waals surface area contributed by atoms with E-state index < -0.39 is 23.4 Å². The van der Waals surface area contributed by atoms with Crippen molar-refractivity contribution in [3.63, 3.8) is 0 Å². The molecule has 0 aliphatic carbocycles. The van der Waals surface area contributed by atoms with Crippen LogP contribution in [0.5, 0.6) is 0 Å². The molecule has 0 saturated carbocycles. The molecule has 2 rings (SSSR count). The third-order valence-electron chi connectivity index (χ3n) is 3.34. The molecular formula is C18H15N3O5S. The number of amides is 1. The second-order valence-corrected chi connectivity index (χ2v) is 6.23. The van der Waals surface area contributed by atoms with Crippen LogP contribution in [0.25, 0.3) is 0 Å². The van der Waals surface area contributed by atoms with Gasteiger partial charge in [-0.05, 0) is 12.1 Å². The molecule has 0 aromatic heterocycles. The number of hydrogen-bond acceptors (Lipinski definition) is 7. The fourth-order valence-corrected chi connectivity index (χ4v) is 2.85. The van der Waals surface area contributed by atoms with Gasteiger partial charge in [-0.15, -0.1) is 11.8 Å². The Labute approximate surface area is 159 Å². The molecule has 0 radical (unpaired) electrons. The van der Waals surface area contributed by atoms with Crippen LogP contribution in [-0.4, -0.2) is 29.2 Å². The number of hydrogen-bond donors (Lipinski definition) is 1. The van der Waals surface area contributed by atoms with E-state index in [0.717, 1.165) is 4.90 Å². The standard InChI is InChI=1S/C18H15N3O5S/c19-9-10-27-16-8-4-2-6-14(16)20-17(22)12-26-18(23)11-13-5-1-3-7-15(13)21(24)25/h1-8H,10-12H2,(H,20,22). The summed E-state index contributed by atoms with van der Waals surface area (Å²) < 4.78 is 4.90. The Bertz CT molecular complexity index is 895. The Morgan fingerprint density at radius 1 is 1.19 bits per heavy atom. The van der Waals surface area contributed by atoms with Crippen molar-refractivity contribution < 1.29 is 19.2 Å². The smallest absolute Gasteiger partial charge is 0.311 e. The lowest BCUT2D eigenvalue weighted by molar-refractivity contribution is -0.385. The van der Waals surface area contributed by atoms with Gasteiger partial charge in [-0.1, -0.05) is 30.3 Å². The van der Waals surface area contributed by atoms with E-state index in [1.165, 1.54) is 30.0 Å². The minimum Gasteiger partial charge on any atom is -0.455 e. The third kappa shape index (κ3) is 6.13. The number of carbonyl (C=O) groups is 2. The number of nitrogens with one attached hydrogen (secondary N) is 1. The summed E-state index contributed by atoms with van der Waals surface area (Å²) in [5.41, 5.74) is 0.547. The number of nitro groups is 1. The van der Waals surface area contributed by atoms with Crippen LogP contribution in [0.2, 0.25) is 0 Å². The molecule has 1 amide bonds. The number of nitriles is 1. The van der Waals surface area contributed by atoms with E-state index >= 15 is 0 Å². The Morgan fingerprint density at radius 2 is 1.89 bits per heavy atom. The van der Waals surface area contributed by atoms with Gasteiger partial charge >= 0.3 is 5.97 Å².